The van der Waals surface area contributed by atoms with Crippen LogP contribution in [0.1, 0.15) is 30.9 Å². The number of hydrogen-bond donors (Lipinski definition) is 5. The van der Waals surface area contributed by atoms with Crippen molar-refractivity contribution in [3.63, 3.8) is 0 Å². The Balaban J connectivity index is 1.62. The number of fused-ring (bicyclic) bond motifs is 1. The summed E-state index contributed by atoms with van der Waals surface area (Å²) in [5.41, 5.74) is 1.57. The topological polar surface area (TPSA) is 140 Å². The number of ether oxygens (including phenoxy) is 1. The number of phenols is 1. The molecule has 1 fully saturated rings. The van der Waals surface area contributed by atoms with Crippen molar-refractivity contribution in [2.45, 2.75) is 50.4 Å². The largest absolute Gasteiger partial charge is 0.508 e. The SMILES string of the molecule is CC(O)[C@H]1C(=O)N[C@H](Cc2ccc(O)cc2)C(=O)NC/C=C/c2ccccc2OCCN[C@@H](C2CC2)C(=O)N1C. The van der Waals surface area contributed by atoms with Crippen LogP contribution in [0.3, 0.4) is 0 Å². The summed E-state index contributed by atoms with van der Waals surface area (Å²) in [5.74, 6) is -0.439. The minimum Gasteiger partial charge on any atom is -0.508 e. The summed E-state index contributed by atoms with van der Waals surface area (Å²) in [5, 5.41) is 29.1. The van der Waals surface area contributed by atoms with E-state index >= 15 is 0 Å². The lowest BCUT2D eigenvalue weighted by molar-refractivity contribution is -0.145. The van der Waals surface area contributed by atoms with Crippen LogP contribution in [0, 0.1) is 5.92 Å². The second-order valence-corrected chi connectivity index (χ2v) is 10.4. The molecule has 0 radical (unpaired) electrons. The highest BCUT2D eigenvalue weighted by atomic mass is 16.5. The first kappa shape index (κ1) is 29.1. The summed E-state index contributed by atoms with van der Waals surface area (Å²) in [4.78, 5) is 41.6. The summed E-state index contributed by atoms with van der Waals surface area (Å²) >= 11 is 0. The fraction of sp³-hybridized carbons (Fsp3) is 0.433. The number of aromatic hydroxyl groups is 1. The fourth-order valence-electron chi connectivity index (χ4n) is 4.89. The number of rotatable bonds is 4. The maximum absolute atomic E-state index is 13.6. The molecule has 1 aliphatic carbocycles. The molecule has 5 N–H and O–H groups in total. The molecule has 1 heterocycles. The number of benzene rings is 2. The van der Waals surface area contributed by atoms with Gasteiger partial charge in [-0.15, -0.1) is 0 Å². The number of likely N-dealkylation sites (N-methyl/N-ethyl adjacent to an activating group) is 1. The van der Waals surface area contributed by atoms with Crippen LogP contribution in [0.2, 0.25) is 0 Å². The van der Waals surface area contributed by atoms with Gasteiger partial charge in [0, 0.05) is 32.1 Å². The Bertz CT molecular complexity index is 1210. The number of amides is 3. The van der Waals surface area contributed by atoms with Gasteiger partial charge in [-0.25, -0.2) is 0 Å². The van der Waals surface area contributed by atoms with Crippen LogP contribution < -0.4 is 20.7 Å². The van der Waals surface area contributed by atoms with Gasteiger partial charge in [0.25, 0.3) is 0 Å². The number of para-hydroxylation sites is 1. The molecular weight excluding hydrogens is 512 g/mol. The Morgan fingerprint density at radius 3 is 2.48 bits per heavy atom. The molecule has 1 saturated carbocycles. The van der Waals surface area contributed by atoms with Gasteiger partial charge in [-0.2, -0.15) is 0 Å². The van der Waals surface area contributed by atoms with E-state index in [1.54, 1.807) is 18.2 Å². The highest BCUT2D eigenvalue weighted by Gasteiger charge is 2.41. The quantitative estimate of drug-likeness (QED) is 0.386. The lowest BCUT2D eigenvalue weighted by atomic mass is 10.0. The third-order valence-corrected chi connectivity index (χ3v) is 7.19. The zero-order chi connectivity index (χ0) is 28.6. The highest BCUT2D eigenvalue weighted by Crippen LogP contribution is 2.33. The Kier molecular flexibility index (Phi) is 9.79. The Hall–Kier alpha value is -3.89. The third-order valence-electron chi connectivity index (χ3n) is 7.19. The fourth-order valence-corrected chi connectivity index (χ4v) is 4.89. The van der Waals surface area contributed by atoms with Gasteiger partial charge < -0.3 is 35.8 Å². The van der Waals surface area contributed by atoms with Gasteiger partial charge in [0.15, 0.2) is 0 Å². The number of phenolic OH excluding ortho intramolecular Hbond substituents is 1. The van der Waals surface area contributed by atoms with E-state index in [1.165, 1.54) is 31.0 Å². The standard InChI is InChI=1S/C30H38N4O6/c1-19(35)27-29(38)33-24(18-20-9-13-23(36)14-10-20)28(37)32-15-5-7-21-6-3-4-8-25(21)40-17-16-31-26(22-11-12-22)30(39)34(27)2/h3-10,13-14,19,22,24,26-27,31,35-36H,11-12,15-18H2,1-2H3,(H,32,37)(H,33,38)/b7-5+/t19?,24-,26+,27+/m1/s1. The Morgan fingerprint density at radius 1 is 1.05 bits per heavy atom. The van der Waals surface area contributed by atoms with Crippen LogP contribution in [0.15, 0.2) is 54.6 Å². The summed E-state index contributed by atoms with van der Waals surface area (Å²) in [6, 6.07) is 11.2. The molecule has 0 spiro atoms. The molecular formula is C30H38N4O6. The number of carbonyl (C=O) groups excluding carboxylic acids is 3. The Morgan fingerprint density at radius 2 is 1.77 bits per heavy atom. The normalized spacial score (nSPS) is 24.9. The van der Waals surface area contributed by atoms with Gasteiger partial charge in [-0.3, -0.25) is 14.4 Å². The van der Waals surface area contributed by atoms with Crippen LogP contribution >= 0.6 is 0 Å². The molecule has 10 heteroatoms. The number of hydrogen-bond acceptors (Lipinski definition) is 7. The molecule has 1 aliphatic heterocycles. The van der Waals surface area contributed by atoms with Crippen molar-refractivity contribution in [2.75, 3.05) is 26.7 Å². The molecule has 10 nitrogen and oxygen atoms in total. The zero-order valence-corrected chi connectivity index (χ0v) is 22.9. The summed E-state index contributed by atoms with van der Waals surface area (Å²) < 4.78 is 5.99. The molecule has 40 heavy (non-hydrogen) atoms. The number of nitrogens with zero attached hydrogens (tertiary/aromatic N) is 1. The first-order valence-corrected chi connectivity index (χ1v) is 13.7. The maximum atomic E-state index is 13.6. The zero-order valence-electron chi connectivity index (χ0n) is 22.9. The van der Waals surface area contributed by atoms with Crippen molar-refractivity contribution in [1.29, 1.82) is 0 Å². The smallest absolute Gasteiger partial charge is 0.246 e. The van der Waals surface area contributed by atoms with Gasteiger partial charge in [0.2, 0.25) is 17.7 Å². The van der Waals surface area contributed by atoms with E-state index in [2.05, 4.69) is 16.0 Å². The number of aliphatic hydroxyl groups excluding tert-OH is 1. The van der Waals surface area contributed by atoms with Crippen molar-refractivity contribution >= 4 is 23.8 Å². The number of carbonyl (C=O) groups is 3. The van der Waals surface area contributed by atoms with E-state index in [0.717, 1.165) is 24.0 Å². The summed E-state index contributed by atoms with van der Waals surface area (Å²) in [6.45, 7) is 2.42. The van der Waals surface area contributed by atoms with E-state index in [-0.39, 0.29) is 30.5 Å². The van der Waals surface area contributed by atoms with Crippen molar-refractivity contribution in [1.82, 2.24) is 20.9 Å². The van der Waals surface area contributed by atoms with Crippen LogP contribution in [0.4, 0.5) is 0 Å². The van der Waals surface area contributed by atoms with Gasteiger partial charge in [0.1, 0.15) is 30.2 Å². The van der Waals surface area contributed by atoms with Crippen LogP contribution in [0.25, 0.3) is 6.08 Å². The van der Waals surface area contributed by atoms with Crippen molar-refractivity contribution in [3.8, 4) is 11.5 Å². The number of aliphatic hydroxyl groups is 1. The van der Waals surface area contributed by atoms with Crippen molar-refractivity contribution in [3.05, 3.63) is 65.7 Å². The maximum Gasteiger partial charge on any atom is 0.246 e. The molecule has 1 unspecified atom stereocenters. The van der Waals surface area contributed by atoms with E-state index in [0.29, 0.717) is 18.9 Å². The van der Waals surface area contributed by atoms with E-state index < -0.39 is 36.0 Å². The molecule has 0 bridgehead atoms. The molecule has 0 saturated heterocycles. The monoisotopic (exact) mass is 550 g/mol. The minimum atomic E-state index is -1.20. The average Bonchev–Trinajstić information content (AvgIpc) is 3.77. The molecule has 0 aromatic heterocycles. The molecule has 2 aromatic rings. The third kappa shape index (κ3) is 7.61. The predicted molar refractivity (Wildman–Crippen MR) is 150 cm³/mol. The number of nitrogens with one attached hydrogen (secondary N) is 3. The van der Waals surface area contributed by atoms with E-state index in [1.807, 2.05) is 30.3 Å². The van der Waals surface area contributed by atoms with Gasteiger partial charge in [-0.05, 0) is 49.4 Å². The molecule has 3 amide bonds. The Labute approximate surface area is 234 Å². The molecule has 214 valence electrons. The van der Waals surface area contributed by atoms with Gasteiger partial charge >= 0.3 is 0 Å². The van der Waals surface area contributed by atoms with Crippen molar-refractivity contribution in [2.24, 2.45) is 5.92 Å². The molecule has 2 aliphatic rings. The van der Waals surface area contributed by atoms with Gasteiger partial charge in [-0.1, -0.05) is 42.5 Å². The molecule has 4 rings (SSSR count). The second-order valence-electron chi connectivity index (χ2n) is 10.4. The summed E-state index contributed by atoms with van der Waals surface area (Å²) in [7, 11) is 1.50. The minimum absolute atomic E-state index is 0.0875. The van der Waals surface area contributed by atoms with E-state index in [4.69, 9.17) is 4.74 Å². The van der Waals surface area contributed by atoms with Crippen molar-refractivity contribution < 1.29 is 29.3 Å². The second kappa shape index (κ2) is 13.5. The highest BCUT2D eigenvalue weighted by molar-refractivity contribution is 5.93. The average molecular weight is 551 g/mol. The van der Waals surface area contributed by atoms with Crippen LogP contribution in [-0.4, -0.2) is 83.8 Å². The molecule has 2 aromatic carbocycles. The summed E-state index contributed by atoms with van der Waals surface area (Å²) in [6.07, 6.45) is 4.41. The first-order valence-electron chi connectivity index (χ1n) is 13.7. The first-order chi connectivity index (χ1) is 19.2. The molecule has 4 atom stereocenters. The van der Waals surface area contributed by atoms with Crippen LogP contribution in [-0.2, 0) is 20.8 Å². The predicted octanol–water partition coefficient (Wildman–Crippen LogP) is 1.22. The van der Waals surface area contributed by atoms with Crippen LogP contribution in [0.5, 0.6) is 11.5 Å². The lowest BCUT2D eigenvalue weighted by Crippen LogP contribution is -2.60. The lowest BCUT2D eigenvalue weighted by Gasteiger charge is -2.33. The van der Waals surface area contributed by atoms with E-state index in [9.17, 15) is 24.6 Å². The van der Waals surface area contributed by atoms with Gasteiger partial charge in [0.05, 0.1) is 12.1 Å².